The molecule has 1 aromatic heterocycles. The molecule has 6 heteroatoms. The molecular formula is C22H28N3O3+. The molecule has 1 atom stereocenters. The van der Waals surface area contributed by atoms with Gasteiger partial charge in [-0.3, -0.25) is 4.79 Å². The van der Waals surface area contributed by atoms with Crippen LogP contribution in [0.1, 0.15) is 29.4 Å². The molecule has 0 saturated heterocycles. The van der Waals surface area contributed by atoms with Crippen molar-refractivity contribution in [2.24, 2.45) is 0 Å². The summed E-state index contributed by atoms with van der Waals surface area (Å²) in [6.07, 6.45) is 0. The maximum atomic E-state index is 12.6. The lowest BCUT2D eigenvalue weighted by Gasteiger charge is -2.18. The van der Waals surface area contributed by atoms with Crippen molar-refractivity contribution in [3.8, 4) is 11.5 Å². The van der Waals surface area contributed by atoms with Gasteiger partial charge < -0.3 is 19.4 Å². The number of hydrogen-bond donors (Lipinski definition) is 2. The molecule has 3 aromatic rings. The summed E-state index contributed by atoms with van der Waals surface area (Å²) in [6.45, 7) is 8.83. The lowest BCUT2D eigenvalue weighted by Crippen LogP contribution is -3.09. The second-order valence-electron chi connectivity index (χ2n) is 7.19. The SMILES string of the molecule is CC[NH+](Cc1cc(C)cc(C)c1)Cc1nc2cc(OC)c(OC)cc2c(=O)[nH]1. The summed E-state index contributed by atoms with van der Waals surface area (Å²) >= 11 is 0. The number of nitrogens with zero attached hydrogens (tertiary/aromatic N) is 1. The number of methoxy groups -OCH3 is 2. The Kier molecular flexibility index (Phi) is 5.99. The van der Waals surface area contributed by atoms with Gasteiger partial charge in [0.2, 0.25) is 0 Å². The first-order valence-electron chi connectivity index (χ1n) is 9.49. The monoisotopic (exact) mass is 382 g/mol. The van der Waals surface area contributed by atoms with Crippen LogP contribution in [0.15, 0.2) is 35.1 Å². The molecule has 0 spiro atoms. The zero-order valence-corrected chi connectivity index (χ0v) is 17.2. The topological polar surface area (TPSA) is 68.7 Å². The highest BCUT2D eigenvalue weighted by Gasteiger charge is 2.15. The van der Waals surface area contributed by atoms with Crippen molar-refractivity contribution < 1.29 is 14.4 Å². The van der Waals surface area contributed by atoms with E-state index in [1.165, 1.54) is 21.6 Å². The Labute approximate surface area is 165 Å². The summed E-state index contributed by atoms with van der Waals surface area (Å²) in [7, 11) is 3.12. The average Bonchev–Trinajstić information content (AvgIpc) is 2.65. The zero-order chi connectivity index (χ0) is 20.3. The van der Waals surface area contributed by atoms with Crippen LogP contribution in [-0.4, -0.2) is 30.7 Å². The highest BCUT2D eigenvalue weighted by molar-refractivity contribution is 5.81. The maximum Gasteiger partial charge on any atom is 0.259 e. The van der Waals surface area contributed by atoms with Crippen LogP contribution in [0.2, 0.25) is 0 Å². The van der Waals surface area contributed by atoms with Crippen LogP contribution in [0.3, 0.4) is 0 Å². The van der Waals surface area contributed by atoms with Crippen LogP contribution < -0.4 is 19.9 Å². The standard InChI is InChI=1S/C22H27N3O3/c1-6-25(12-16-8-14(2)7-15(3)9-16)13-21-23-18-11-20(28-5)19(27-4)10-17(18)22(26)24-21/h7-11H,6,12-13H2,1-5H3,(H,23,24,26)/p+1. The molecule has 0 bridgehead atoms. The summed E-state index contributed by atoms with van der Waals surface area (Å²) < 4.78 is 10.6. The van der Waals surface area contributed by atoms with Gasteiger partial charge in [0.1, 0.15) is 13.1 Å². The Morgan fingerprint density at radius 3 is 2.21 bits per heavy atom. The van der Waals surface area contributed by atoms with Gasteiger partial charge in [-0.15, -0.1) is 0 Å². The van der Waals surface area contributed by atoms with Crippen molar-refractivity contribution in [1.82, 2.24) is 9.97 Å². The molecule has 1 unspecified atom stereocenters. The molecule has 2 N–H and O–H groups in total. The number of aryl methyl sites for hydroxylation is 2. The number of aromatic nitrogens is 2. The third-order valence-electron chi connectivity index (χ3n) is 4.91. The van der Waals surface area contributed by atoms with E-state index in [1.807, 2.05) is 0 Å². The highest BCUT2D eigenvalue weighted by Crippen LogP contribution is 2.29. The summed E-state index contributed by atoms with van der Waals surface area (Å²) in [5, 5.41) is 0.494. The Hall–Kier alpha value is -2.86. The van der Waals surface area contributed by atoms with Crippen molar-refractivity contribution >= 4 is 10.9 Å². The number of H-pyrrole nitrogens is 1. The Morgan fingerprint density at radius 1 is 0.964 bits per heavy atom. The van der Waals surface area contributed by atoms with Crippen LogP contribution in [-0.2, 0) is 13.1 Å². The maximum absolute atomic E-state index is 12.6. The second-order valence-corrected chi connectivity index (χ2v) is 7.19. The molecule has 3 rings (SSSR count). The van der Waals surface area contributed by atoms with Crippen LogP contribution in [0.25, 0.3) is 10.9 Å². The number of hydrogen-bond acceptors (Lipinski definition) is 4. The molecule has 28 heavy (non-hydrogen) atoms. The van der Waals surface area contributed by atoms with E-state index in [4.69, 9.17) is 9.47 Å². The van der Waals surface area contributed by atoms with Crippen molar-refractivity contribution in [3.05, 3.63) is 63.2 Å². The second kappa shape index (κ2) is 8.44. The Morgan fingerprint density at radius 2 is 1.61 bits per heavy atom. The molecule has 6 nitrogen and oxygen atoms in total. The van der Waals surface area contributed by atoms with Gasteiger partial charge in [0.05, 0.1) is 31.7 Å². The number of nitrogens with one attached hydrogen (secondary N) is 2. The first kappa shape index (κ1) is 19.9. The van der Waals surface area contributed by atoms with Gasteiger partial charge in [-0.05, 0) is 26.8 Å². The number of aromatic amines is 1. The Balaban J connectivity index is 1.90. The first-order chi connectivity index (χ1) is 13.4. The van der Waals surface area contributed by atoms with Crippen LogP contribution in [0.4, 0.5) is 0 Å². The average molecular weight is 382 g/mol. The van der Waals surface area contributed by atoms with Crippen molar-refractivity contribution in [3.63, 3.8) is 0 Å². The van der Waals surface area contributed by atoms with Gasteiger partial charge in [0.25, 0.3) is 5.56 Å². The lowest BCUT2D eigenvalue weighted by atomic mass is 10.1. The predicted molar refractivity (Wildman–Crippen MR) is 110 cm³/mol. The van der Waals surface area contributed by atoms with Gasteiger partial charge in [0, 0.05) is 11.6 Å². The first-order valence-corrected chi connectivity index (χ1v) is 9.49. The number of ether oxygens (including phenoxy) is 2. The minimum absolute atomic E-state index is 0.164. The quantitative estimate of drug-likeness (QED) is 0.657. The lowest BCUT2D eigenvalue weighted by molar-refractivity contribution is -0.926. The molecule has 148 valence electrons. The minimum atomic E-state index is -0.164. The molecule has 2 aromatic carbocycles. The van der Waals surface area contributed by atoms with Crippen molar-refractivity contribution in [2.45, 2.75) is 33.9 Å². The molecule has 0 aliphatic rings. The van der Waals surface area contributed by atoms with Crippen molar-refractivity contribution in [1.29, 1.82) is 0 Å². The highest BCUT2D eigenvalue weighted by atomic mass is 16.5. The summed E-state index contributed by atoms with van der Waals surface area (Å²) in [5.41, 5.74) is 4.28. The molecule has 0 fully saturated rings. The fourth-order valence-corrected chi connectivity index (χ4v) is 3.61. The van der Waals surface area contributed by atoms with E-state index < -0.39 is 0 Å². The van der Waals surface area contributed by atoms with E-state index in [2.05, 4.69) is 48.9 Å². The van der Waals surface area contributed by atoms with Crippen LogP contribution >= 0.6 is 0 Å². The Bertz CT molecular complexity index is 1020. The smallest absolute Gasteiger partial charge is 0.259 e. The third kappa shape index (κ3) is 4.34. The number of rotatable bonds is 7. The van der Waals surface area contributed by atoms with E-state index in [0.717, 1.165) is 13.1 Å². The van der Waals surface area contributed by atoms with Gasteiger partial charge in [-0.2, -0.15) is 0 Å². The van der Waals surface area contributed by atoms with Gasteiger partial charge >= 0.3 is 0 Å². The summed E-state index contributed by atoms with van der Waals surface area (Å²) in [6, 6.07) is 10.0. The molecule has 0 amide bonds. The molecule has 1 heterocycles. The molecule has 0 aliphatic carbocycles. The zero-order valence-electron chi connectivity index (χ0n) is 17.2. The summed E-state index contributed by atoms with van der Waals surface area (Å²) in [5.74, 6) is 1.76. The number of quaternary nitrogens is 1. The van der Waals surface area contributed by atoms with E-state index in [1.54, 1.807) is 26.4 Å². The fraction of sp³-hybridized carbons (Fsp3) is 0.364. The fourth-order valence-electron chi connectivity index (χ4n) is 3.61. The third-order valence-corrected chi connectivity index (χ3v) is 4.91. The molecular weight excluding hydrogens is 354 g/mol. The van der Waals surface area contributed by atoms with E-state index in [-0.39, 0.29) is 5.56 Å². The molecule has 0 radical (unpaired) electrons. The van der Waals surface area contributed by atoms with Gasteiger partial charge in [-0.1, -0.05) is 29.3 Å². The molecule has 0 aliphatic heterocycles. The van der Waals surface area contributed by atoms with Gasteiger partial charge in [0.15, 0.2) is 17.3 Å². The largest absolute Gasteiger partial charge is 0.493 e. The van der Waals surface area contributed by atoms with Crippen molar-refractivity contribution in [2.75, 3.05) is 20.8 Å². The summed E-state index contributed by atoms with van der Waals surface area (Å²) in [4.78, 5) is 21.5. The normalized spacial score (nSPS) is 12.2. The number of fused-ring (bicyclic) bond motifs is 1. The van der Waals surface area contributed by atoms with Crippen LogP contribution in [0.5, 0.6) is 11.5 Å². The predicted octanol–water partition coefficient (Wildman–Crippen LogP) is 2.16. The van der Waals surface area contributed by atoms with Crippen LogP contribution in [0, 0.1) is 13.8 Å². The van der Waals surface area contributed by atoms with E-state index in [0.29, 0.717) is 34.8 Å². The van der Waals surface area contributed by atoms with Gasteiger partial charge in [-0.25, -0.2) is 4.98 Å². The number of benzene rings is 2. The minimum Gasteiger partial charge on any atom is -0.493 e. The molecule has 0 saturated carbocycles. The van der Waals surface area contributed by atoms with E-state index >= 15 is 0 Å². The van der Waals surface area contributed by atoms with E-state index in [9.17, 15) is 4.79 Å².